The van der Waals surface area contributed by atoms with E-state index in [4.69, 9.17) is 5.26 Å². The average molecular weight is 403 g/mol. The molecule has 0 aliphatic rings. The lowest BCUT2D eigenvalue weighted by Crippen LogP contribution is -2.11. The number of nitriles is 1. The monoisotopic (exact) mass is 403 g/mol. The highest BCUT2D eigenvalue weighted by atomic mass is 32.2. The smallest absolute Gasteiger partial charge is 0.229 e. The van der Waals surface area contributed by atoms with E-state index >= 15 is 0 Å². The number of anilines is 1. The van der Waals surface area contributed by atoms with Crippen LogP contribution in [0.3, 0.4) is 0 Å². The van der Waals surface area contributed by atoms with Gasteiger partial charge in [0.2, 0.25) is 10.0 Å². The van der Waals surface area contributed by atoms with Crippen LogP contribution in [0.2, 0.25) is 0 Å². The highest BCUT2D eigenvalue weighted by Crippen LogP contribution is 2.23. The van der Waals surface area contributed by atoms with Crippen molar-refractivity contribution < 1.29 is 8.42 Å². The molecule has 0 amide bonds. The number of nitrogens with one attached hydrogen (secondary N) is 1. The van der Waals surface area contributed by atoms with E-state index in [1.165, 1.54) is 6.33 Å². The van der Waals surface area contributed by atoms with Crippen molar-refractivity contribution in [3.05, 3.63) is 70.9 Å². The predicted octanol–water partition coefficient (Wildman–Crippen LogP) is 2.80. The summed E-state index contributed by atoms with van der Waals surface area (Å²) in [6.07, 6.45) is 4.11. The molecule has 0 atom stereocenters. The minimum absolute atomic E-state index is 0.377. The largest absolute Gasteiger partial charge is 0.282 e. The summed E-state index contributed by atoms with van der Waals surface area (Å²) >= 11 is 0. The average Bonchev–Trinajstić information content (AvgIpc) is 2.68. The first kappa shape index (κ1) is 20.0. The molecule has 2 heterocycles. The van der Waals surface area contributed by atoms with Gasteiger partial charge in [0.1, 0.15) is 6.33 Å². The maximum Gasteiger partial charge on any atom is 0.229 e. The van der Waals surface area contributed by atoms with Crippen LogP contribution < -0.4 is 4.72 Å². The van der Waals surface area contributed by atoms with E-state index in [0.29, 0.717) is 39.5 Å². The molecule has 3 aromatic rings. The number of hydrogen-bond acceptors (Lipinski definition) is 6. The molecular weight excluding hydrogens is 386 g/mol. The molecular formula is C21H17N5O2S. The lowest BCUT2D eigenvalue weighted by atomic mass is 10.0. The minimum atomic E-state index is -3.42. The highest BCUT2D eigenvalue weighted by molar-refractivity contribution is 7.92. The summed E-state index contributed by atoms with van der Waals surface area (Å²) < 4.78 is 25.5. The van der Waals surface area contributed by atoms with Crippen molar-refractivity contribution in [1.29, 1.82) is 5.26 Å². The van der Waals surface area contributed by atoms with Crippen LogP contribution in [-0.4, -0.2) is 29.6 Å². The molecule has 0 fully saturated rings. The summed E-state index contributed by atoms with van der Waals surface area (Å²) in [4.78, 5) is 12.8. The van der Waals surface area contributed by atoms with E-state index in [-0.39, 0.29) is 0 Å². The molecule has 3 rings (SSSR count). The minimum Gasteiger partial charge on any atom is -0.282 e. The molecule has 0 unspecified atom stereocenters. The van der Waals surface area contributed by atoms with Gasteiger partial charge < -0.3 is 0 Å². The summed E-state index contributed by atoms with van der Waals surface area (Å²) in [5, 5.41) is 9.15. The molecule has 1 aromatic carbocycles. The van der Waals surface area contributed by atoms with Crippen molar-refractivity contribution in [3.63, 3.8) is 0 Å². The Bertz CT molecular complexity index is 1300. The fraction of sp³-hybridized carbons (Fsp3) is 0.143. The Kier molecular flexibility index (Phi) is 5.58. The number of sulfonamides is 1. The molecule has 0 saturated heterocycles. The second-order valence-corrected chi connectivity index (χ2v) is 8.10. The Morgan fingerprint density at radius 3 is 2.52 bits per heavy atom. The quantitative estimate of drug-likeness (QED) is 0.674. The summed E-state index contributed by atoms with van der Waals surface area (Å²) in [5.74, 6) is 6.07. The Balaban J connectivity index is 2.06. The van der Waals surface area contributed by atoms with Crippen LogP contribution in [0.1, 0.15) is 28.1 Å². The van der Waals surface area contributed by atoms with Crippen LogP contribution >= 0.6 is 0 Å². The molecule has 0 saturated carbocycles. The Morgan fingerprint density at radius 1 is 1.00 bits per heavy atom. The van der Waals surface area contributed by atoms with Crippen molar-refractivity contribution in [2.24, 2.45) is 0 Å². The summed E-state index contributed by atoms with van der Waals surface area (Å²) in [6, 6.07) is 10.9. The summed E-state index contributed by atoms with van der Waals surface area (Å²) in [5.41, 5.74) is 4.70. The SMILES string of the molecule is Cc1ncc(C#Cc2c(C)ncnc2-c2cccc(C#N)c2)cc1NS(C)(=O)=O. The van der Waals surface area contributed by atoms with Gasteiger partial charge in [0.25, 0.3) is 0 Å². The molecule has 7 nitrogen and oxygen atoms in total. The number of pyridine rings is 1. The molecule has 0 radical (unpaired) electrons. The molecule has 0 bridgehead atoms. The van der Waals surface area contributed by atoms with Gasteiger partial charge in [0.15, 0.2) is 0 Å². The molecule has 0 aliphatic heterocycles. The maximum absolute atomic E-state index is 11.5. The van der Waals surface area contributed by atoms with Crippen LogP contribution in [0.25, 0.3) is 11.3 Å². The number of aromatic nitrogens is 3. The molecule has 2 aromatic heterocycles. The zero-order valence-electron chi connectivity index (χ0n) is 16.1. The van der Waals surface area contributed by atoms with Crippen molar-refractivity contribution in [1.82, 2.24) is 15.0 Å². The van der Waals surface area contributed by atoms with Gasteiger partial charge in [-0.05, 0) is 32.0 Å². The molecule has 0 aliphatic carbocycles. The topological polar surface area (TPSA) is 109 Å². The van der Waals surface area contributed by atoms with Crippen molar-refractivity contribution in [2.45, 2.75) is 13.8 Å². The summed E-state index contributed by atoms with van der Waals surface area (Å²) in [7, 11) is -3.42. The summed E-state index contributed by atoms with van der Waals surface area (Å²) in [6.45, 7) is 3.54. The lowest BCUT2D eigenvalue weighted by molar-refractivity contribution is 0.606. The van der Waals surface area contributed by atoms with E-state index < -0.39 is 10.0 Å². The molecule has 144 valence electrons. The van der Waals surface area contributed by atoms with Gasteiger partial charge in [-0.25, -0.2) is 18.4 Å². The number of rotatable bonds is 3. The van der Waals surface area contributed by atoms with Crippen molar-refractivity contribution >= 4 is 15.7 Å². The van der Waals surface area contributed by atoms with Gasteiger partial charge in [-0.15, -0.1) is 0 Å². The van der Waals surface area contributed by atoms with Gasteiger partial charge in [0.05, 0.1) is 46.2 Å². The van der Waals surface area contributed by atoms with E-state index in [9.17, 15) is 8.42 Å². The molecule has 8 heteroatoms. The second-order valence-electron chi connectivity index (χ2n) is 6.36. The van der Waals surface area contributed by atoms with Gasteiger partial charge in [-0.3, -0.25) is 9.71 Å². The first-order valence-electron chi connectivity index (χ1n) is 8.55. The zero-order valence-corrected chi connectivity index (χ0v) is 16.9. The second kappa shape index (κ2) is 8.09. The standard InChI is InChI=1S/C21H17N5O2S/c1-14-19(21(25-13-24-14)18-6-4-5-16(9-18)11-22)8-7-17-10-20(15(2)23-12-17)26-29(3,27)28/h4-6,9-10,12-13,26H,1-3H3. The highest BCUT2D eigenvalue weighted by Gasteiger charge is 2.10. The van der Waals surface area contributed by atoms with Crippen LogP contribution in [0, 0.1) is 37.0 Å². The third-order valence-corrected chi connectivity index (χ3v) is 4.61. The Labute approximate surface area is 169 Å². The fourth-order valence-electron chi connectivity index (χ4n) is 2.62. The Morgan fingerprint density at radius 2 is 1.79 bits per heavy atom. The first-order valence-corrected chi connectivity index (χ1v) is 10.4. The third-order valence-electron chi connectivity index (χ3n) is 4.02. The number of nitrogens with zero attached hydrogens (tertiary/aromatic N) is 4. The Hall–Kier alpha value is -3.75. The van der Waals surface area contributed by atoms with E-state index in [1.54, 1.807) is 37.4 Å². The van der Waals surface area contributed by atoms with Crippen molar-refractivity contribution in [2.75, 3.05) is 11.0 Å². The third kappa shape index (κ3) is 4.95. The van der Waals surface area contributed by atoms with E-state index in [1.807, 2.05) is 13.0 Å². The number of aryl methyl sites for hydroxylation is 2. The molecule has 29 heavy (non-hydrogen) atoms. The fourth-order valence-corrected chi connectivity index (χ4v) is 3.22. The molecule has 1 N–H and O–H groups in total. The normalized spacial score (nSPS) is 10.6. The number of hydrogen-bond donors (Lipinski definition) is 1. The number of benzene rings is 1. The van der Waals surface area contributed by atoms with Gasteiger partial charge in [-0.1, -0.05) is 24.0 Å². The van der Waals surface area contributed by atoms with Gasteiger partial charge in [0, 0.05) is 17.3 Å². The zero-order chi connectivity index (χ0) is 21.0. The van der Waals surface area contributed by atoms with Crippen LogP contribution in [0.4, 0.5) is 5.69 Å². The van der Waals surface area contributed by atoms with Gasteiger partial charge in [-0.2, -0.15) is 5.26 Å². The van der Waals surface area contributed by atoms with Crippen molar-refractivity contribution in [3.8, 4) is 29.2 Å². The van der Waals surface area contributed by atoms with Crippen LogP contribution in [0.5, 0.6) is 0 Å². The van der Waals surface area contributed by atoms with Gasteiger partial charge >= 0.3 is 0 Å². The van der Waals surface area contributed by atoms with Crippen LogP contribution in [-0.2, 0) is 10.0 Å². The predicted molar refractivity (Wildman–Crippen MR) is 110 cm³/mol. The lowest BCUT2D eigenvalue weighted by Gasteiger charge is -2.07. The molecule has 0 spiro atoms. The first-order chi connectivity index (χ1) is 13.8. The van der Waals surface area contributed by atoms with Crippen LogP contribution in [0.15, 0.2) is 42.9 Å². The van der Waals surface area contributed by atoms with E-state index in [2.05, 4.69) is 37.6 Å². The maximum atomic E-state index is 11.5. The van der Waals surface area contributed by atoms with E-state index in [0.717, 1.165) is 11.8 Å².